The molecular weight excluding hydrogens is 470 g/mol. The van der Waals surface area contributed by atoms with Crippen LogP contribution in [-0.4, -0.2) is 48.8 Å². The topological polar surface area (TPSA) is 100 Å². The molecule has 1 N–H and O–H groups in total. The van der Waals surface area contributed by atoms with Crippen LogP contribution in [0.2, 0.25) is 0 Å². The summed E-state index contributed by atoms with van der Waals surface area (Å²) in [7, 11) is 0. The maximum Gasteiger partial charge on any atom is 0.256 e. The van der Waals surface area contributed by atoms with Gasteiger partial charge in [-0.25, -0.2) is 15.0 Å². The van der Waals surface area contributed by atoms with Crippen LogP contribution >= 0.6 is 0 Å². The summed E-state index contributed by atoms with van der Waals surface area (Å²) in [6, 6.07) is 19.2. The summed E-state index contributed by atoms with van der Waals surface area (Å²) in [6.07, 6.45) is 4.85. The first kappa shape index (κ1) is 22.5. The van der Waals surface area contributed by atoms with E-state index in [-0.39, 0.29) is 23.7 Å². The zero-order valence-electron chi connectivity index (χ0n) is 20.4. The fourth-order valence-electron chi connectivity index (χ4n) is 5.98. The molecule has 2 bridgehead atoms. The zero-order valence-corrected chi connectivity index (χ0v) is 20.4. The fraction of sp³-hybridized carbons (Fsp3) is 0.357. The minimum absolute atomic E-state index is 0.221. The van der Waals surface area contributed by atoms with Crippen LogP contribution in [0, 0.1) is 0 Å². The highest BCUT2D eigenvalue weighted by Crippen LogP contribution is 2.66. The van der Waals surface area contributed by atoms with Crippen LogP contribution in [0.4, 0.5) is 5.82 Å². The molecule has 2 aliphatic heterocycles. The highest BCUT2D eigenvalue weighted by atomic mass is 16.7. The number of hydrogen-bond acceptors (Lipinski definition) is 7. The number of hydrogen-bond donors (Lipinski definition) is 1. The van der Waals surface area contributed by atoms with Crippen molar-refractivity contribution in [1.29, 1.82) is 0 Å². The lowest BCUT2D eigenvalue weighted by molar-refractivity contribution is -0.224. The van der Waals surface area contributed by atoms with E-state index in [1.54, 1.807) is 18.5 Å². The average Bonchev–Trinajstić information content (AvgIpc) is 3.36. The quantitative estimate of drug-likeness (QED) is 0.407. The highest BCUT2D eigenvalue weighted by Gasteiger charge is 2.78. The highest BCUT2D eigenvalue weighted by molar-refractivity contribution is 6.06. The second kappa shape index (κ2) is 8.44. The van der Waals surface area contributed by atoms with Gasteiger partial charge in [-0.15, -0.1) is 0 Å². The Labute approximate surface area is 213 Å². The summed E-state index contributed by atoms with van der Waals surface area (Å²) in [5.41, 5.74) is 1.89. The molecule has 1 saturated carbocycles. The summed E-state index contributed by atoms with van der Waals surface area (Å²) in [5.74, 6) is 0.0899. The molecule has 4 atom stereocenters. The monoisotopic (exact) mass is 497 g/mol. The Hall–Kier alpha value is -3.66. The lowest BCUT2D eigenvalue weighted by Gasteiger charge is -2.38. The van der Waals surface area contributed by atoms with Crippen molar-refractivity contribution in [1.82, 2.24) is 19.5 Å². The van der Waals surface area contributed by atoms with Crippen molar-refractivity contribution >= 4 is 22.9 Å². The molecular formula is C28H27N5O4. The number of rotatable bonds is 7. The average molecular weight is 498 g/mol. The van der Waals surface area contributed by atoms with Crippen LogP contribution in [0.1, 0.15) is 48.3 Å². The lowest BCUT2D eigenvalue weighted by atomic mass is 9.87. The molecule has 1 aliphatic carbocycles. The summed E-state index contributed by atoms with van der Waals surface area (Å²) in [4.78, 5) is 26.1. The van der Waals surface area contributed by atoms with Crippen LogP contribution in [0.15, 0.2) is 73.3 Å². The van der Waals surface area contributed by atoms with Gasteiger partial charge in [-0.3, -0.25) is 9.36 Å². The van der Waals surface area contributed by atoms with Crippen LogP contribution in [0.5, 0.6) is 0 Å². The molecule has 4 aromatic rings. The van der Waals surface area contributed by atoms with Gasteiger partial charge in [0.2, 0.25) is 0 Å². The van der Waals surface area contributed by atoms with Crippen LogP contribution < -0.4 is 5.32 Å². The van der Waals surface area contributed by atoms with Gasteiger partial charge in [-0.1, -0.05) is 55.5 Å². The lowest BCUT2D eigenvalue weighted by Crippen LogP contribution is -2.49. The molecule has 4 heterocycles. The summed E-state index contributed by atoms with van der Waals surface area (Å²) in [6.45, 7) is 2.63. The van der Waals surface area contributed by atoms with Crippen molar-refractivity contribution in [2.24, 2.45) is 0 Å². The third kappa shape index (κ3) is 3.42. The number of aromatic nitrogens is 4. The number of fused-ring (bicyclic) bond motifs is 4. The van der Waals surface area contributed by atoms with Gasteiger partial charge in [-0.2, -0.15) is 0 Å². The van der Waals surface area contributed by atoms with Crippen molar-refractivity contribution in [2.45, 2.75) is 62.4 Å². The van der Waals surface area contributed by atoms with E-state index in [1.807, 2.05) is 41.0 Å². The van der Waals surface area contributed by atoms with E-state index in [2.05, 4.69) is 39.3 Å². The predicted molar refractivity (Wildman–Crippen MR) is 135 cm³/mol. The third-order valence-electron chi connectivity index (χ3n) is 7.91. The Balaban J connectivity index is 1.20. The first-order chi connectivity index (χ1) is 18.1. The van der Waals surface area contributed by atoms with Gasteiger partial charge in [0.1, 0.15) is 29.7 Å². The molecule has 9 nitrogen and oxygen atoms in total. The molecule has 0 radical (unpaired) electrons. The number of nitrogens with zero attached hydrogens (tertiary/aromatic N) is 4. The molecule has 37 heavy (non-hydrogen) atoms. The number of carbonyl (C=O) groups excluding carboxylic acids is 1. The third-order valence-corrected chi connectivity index (χ3v) is 7.91. The minimum Gasteiger partial charge on any atom is -0.368 e. The zero-order chi connectivity index (χ0) is 25.0. The van der Waals surface area contributed by atoms with Gasteiger partial charge < -0.3 is 19.5 Å². The Bertz CT molecular complexity index is 1460. The van der Waals surface area contributed by atoms with E-state index in [0.717, 1.165) is 24.8 Å². The standard InChI is InChI=1S/C28H27N5O4/c1-2-28-22(35-15-18-9-5-3-6-10-18)21(36-27(28)13-14-27)26(37-28)33-17-31-20-23(29-16-30-24(20)33)32-25(34)19-11-7-4-8-12-19/h3-12,16-17,21-22,26H,2,13-15H2,1H3,(H,29,30,32,34)/t21-,22?,26+,28+/m0/s1. The molecule has 7 rings (SSSR count). The van der Waals surface area contributed by atoms with E-state index in [0.29, 0.717) is 29.2 Å². The van der Waals surface area contributed by atoms with Crippen molar-refractivity contribution < 1.29 is 19.0 Å². The minimum atomic E-state index is -0.537. The predicted octanol–water partition coefficient (Wildman–Crippen LogP) is 4.27. The van der Waals surface area contributed by atoms with Gasteiger partial charge in [0.25, 0.3) is 5.91 Å². The molecule has 1 spiro atoms. The van der Waals surface area contributed by atoms with Gasteiger partial charge in [-0.05, 0) is 37.0 Å². The number of anilines is 1. The van der Waals surface area contributed by atoms with Crippen molar-refractivity contribution in [3.63, 3.8) is 0 Å². The SMILES string of the molecule is CC[C@]12O[C@@H](n3cnc4c(NC(=O)c5ccccc5)ncnc43)[C@@H](OC13CC3)C2OCc1ccccc1. The number of benzene rings is 2. The molecule has 2 saturated heterocycles. The number of ether oxygens (including phenoxy) is 3. The maximum absolute atomic E-state index is 12.7. The van der Waals surface area contributed by atoms with E-state index in [9.17, 15) is 4.79 Å². The molecule has 3 aliphatic rings. The maximum atomic E-state index is 12.7. The smallest absolute Gasteiger partial charge is 0.256 e. The van der Waals surface area contributed by atoms with Crippen LogP contribution in [0.3, 0.4) is 0 Å². The first-order valence-electron chi connectivity index (χ1n) is 12.7. The van der Waals surface area contributed by atoms with E-state index < -0.39 is 11.8 Å². The number of amides is 1. The van der Waals surface area contributed by atoms with Crippen LogP contribution in [0.25, 0.3) is 11.2 Å². The van der Waals surface area contributed by atoms with Gasteiger partial charge in [0.05, 0.1) is 12.9 Å². The number of nitrogens with one attached hydrogen (secondary N) is 1. The van der Waals surface area contributed by atoms with Crippen molar-refractivity contribution in [2.75, 3.05) is 5.32 Å². The largest absolute Gasteiger partial charge is 0.368 e. The second-order valence-electron chi connectivity index (χ2n) is 9.91. The molecule has 188 valence electrons. The summed E-state index contributed by atoms with van der Waals surface area (Å²) < 4.78 is 21.9. The normalized spacial score (nSPS) is 27.1. The number of imidazole rings is 1. The number of carbonyl (C=O) groups is 1. The molecule has 2 aromatic heterocycles. The molecule has 9 heteroatoms. The first-order valence-corrected chi connectivity index (χ1v) is 12.7. The van der Waals surface area contributed by atoms with Gasteiger partial charge in [0, 0.05) is 5.56 Å². The van der Waals surface area contributed by atoms with Gasteiger partial charge in [0.15, 0.2) is 23.2 Å². The molecule has 3 fully saturated rings. The Morgan fingerprint density at radius 2 is 1.81 bits per heavy atom. The van der Waals surface area contributed by atoms with E-state index in [4.69, 9.17) is 14.2 Å². The van der Waals surface area contributed by atoms with Crippen molar-refractivity contribution in [3.05, 3.63) is 84.4 Å². The van der Waals surface area contributed by atoms with Gasteiger partial charge >= 0.3 is 0 Å². The van der Waals surface area contributed by atoms with E-state index >= 15 is 0 Å². The summed E-state index contributed by atoms with van der Waals surface area (Å²) >= 11 is 0. The molecule has 1 amide bonds. The van der Waals surface area contributed by atoms with Crippen molar-refractivity contribution in [3.8, 4) is 0 Å². The van der Waals surface area contributed by atoms with Crippen LogP contribution in [-0.2, 0) is 20.8 Å². The fourth-order valence-corrected chi connectivity index (χ4v) is 5.98. The molecule has 2 aromatic carbocycles. The molecule has 1 unspecified atom stereocenters. The Morgan fingerprint density at radius 3 is 2.54 bits per heavy atom. The van der Waals surface area contributed by atoms with E-state index in [1.165, 1.54) is 6.33 Å². The Morgan fingerprint density at radius 1 is 1.05 bits per heavy atom. The summed E-state index contributed by atoms with van der Waals surface area (Å²) in [5, 5.41) is 2.87. The second-order valence-corrected chi connectivity index (χ2v) is 9.91. The Kier molecular flexibility index (Phi) is 5.14.